The molecule has 0 saturated heterocycles. The van der Waals surface area contributed by atoms with Gasteiger partial charge in [-0.1, -0.05) is 37.3 Å². The van der Waals surface area contributed by atoms with Crippen molar-refractivity contribution < 1.29 is 13.9 Å². The molecule has 0 bridgehead atoms. The first-order valence-electron chi connectivity index (χ1n) is 8.86. The molecule has 138 valence electrons. The van der Waals surface area contributed by atoms with E-state index in [0.717, 1.165) is 17.7 Å². The minimum Gasteiger partial charge on any atom is -0.493 e. The van der Waals surface area contributed by atoms with Gasteiger partial charge in [0.2, 0.25) is 0 Å². The number of nitrogens with two attached hydrogens (primary N) is 1. The second-order valence-electron chi connectivity index (χ2n) is 6.18. The van der Waals surface area contributed by atoms with Crippen LogP contribution < -0.4 is 20.5 Å². The Bertz CT molecular complexity index is 766. The van der Waals surface area contributed by atoms with E-state index in [1.165, 1.54) is 6.07 Å². The highest BCUT2D eigenvalue weighted by Crippen LogP contribution is 2.31. The van der Waals surface area contributed by atoms with E-state index in [1.807, 2.05) is 31.2 Å². The van der Waals surface area contributed by atoms with Crippen LogP contribution in [0.5, 0.6) is 11.5 Å². The van der Waals surface area contributed by atoms with Crippen LogP contribution in [0.2, 0.25) is 0 Å². The number of guanidine groups is 1. The molecule has 2 unspecified atom stereocenters. The minimum absolute atomic E-state index is 0.0660. The lowest BCUT2D eigenvalue weighted by molar-refractivity contribution is 0.196. The Morgan fingerprint density at radius 1 is 1.31 bits per heavy atom. The van der Waals surface area contributed by atoms with Gasteiger partial charge in [-0.15, -0.1) is 0 Å². The number of benzene rings is 2. The summed E-state index contributed by atoms with van der Waals surface area (Å²) in [5.74, 6) is 1.08. The summed E-state index contributed by atoms with van der Waals surface area (Å²) in [6.07, 6.45) is 1.27. The number of para-hydroxylation sites is 2. The third-order valence-corrected chi connectivity index (χ3v) is 4.33. The van der Waals surface area contributed by atoms with Gasteiger partial charge in [-0.05, 0) is 24.6 Å². The Labute approximate surface area is 153 Å². The largest absolute Gasteiger partial charge is 0.493 e. The lowest BCUT2D eigenvalue weighted by Crippen LogP contribution is -2.38. The van der Waals surface area contributed by atoms with Gasteiger partial charge in [0.25, 0.3) is 0 Å². The Kier molecular flexibility index (Phi) is 5.94. The first kappa shape index (κ1) is 18.0. The van der Waals surface area contributed by atoms with Gasteiger partial charge in [-0.3, -0.25) is 0 Å². The van der Waals surface area contributed by atoms with E-state index < -0.39 is 0 Å². The molecule has 2 atom stereocenters. The molecule has 5 nitrogen and oxygen atoms in total. The molecule has 3 N–H and O–H groups in total. The summed E-state index contributed by atoms with van der Waals surface area (Å²) in [5.41, 5.74) is 7.13. The van der Waals surface area contributed by atoms with Gasteiger partial charge in [-0.2, -0.15) is 0 Å². The maximum Gasteiger partial charge on any atom is 0.189 e. The van der Waals surface area contributed by atoms with Crippen LogP contribution in [0.25, 0.3) is 0 Å². The van der Waals surface area contributed by atoms with Crippen molar-refractivity contribution in [1.29, 1.82) is 0 Å². The summed E-state index contributed by atoms with van der Waals surface area (Å²) >= 11 is 0. The summed E-state index contributed by atoms with van der Waals surface area (Å²) in [5, 5.41) is 3.25. The van der Waals surface area contributed by atoms with Crippen molar-refractivity contribution in [2.75, 3.05) is 13.2 Å². The molecule has 26 heavy (non-hydrogen) atoms. The van der Waals surface area contributed by atoms with Crippen LogP contribution in [0.1, 0.15) is 31.4 Å². The van der Waals surface area contributed by atoms with Gasteiger partial charge in [0.1, 0.15) is 11.9 Å². The van der Waals surface area contributed by atoms with Crippen LogP contribution in [0, 0.1) is 5.82 Å². The number of aliphatic imine (C=N–C) groups is 1. The minimum atomic E-state index is -0.375. The molecule has 0 aromatic heterocycles. The Morgan fingerprint density at radius 3 is 2.88 bits per heavy atom. The SMILES string of the molecule is CCC(CN=C(N)NC1CCOc2ccccc21)Oc1ccccc1F. The average molecular weight is 357 g/mol. The van der Waals surface area contributed by atoms with Crippen molar-refractivity contribution in [3.05, 3.63) is 59.9 Å². The monoisotopic (exact) mass is 357 g/mol. The highest BCUT2D eigenvalue weighted by atomic mass is 19.1. The van der Waals surface area contributed by atoms with Crippen molar-refractivity contribution in [2.45, 2.75) is 31.9 Å². The maximum absolute atomic E-state index is 13.7. The fourth-order valence-corrected chi connectivity index (χ4v) is 2.89. The third kappa shape index (κ3) is 4.45. The van der Waals surface area contributed by atoms with Gasteiger partial charge < -0.3 is 20.5 Å². The molecular weight excluding hydrogens is 333 g/mol. The van der Waals surface area contributed by atoms with Crippen molar-refractivity contribution in [2.24, 2.45) is 10.7 Å². The lowest BCUT2D eigenvalue weighted by atomic mass is 10.0. The van der Waals surface area contributed by atoms with Gasteiger partial charge >= 0.3 is 0 Å². The predicted octanol–water partition coefficient (Wildman–Crippen LogP) is 3.41. The molecule has 2 aromatic carbocycles. The molecule has 3 rings (SSSR count). The fraction of sp³-hybridized carbons (Fsp3) is 0.350. The quantitative estimate of drug-likeness (QED) is 0.614. The molecule has 6 heteroatoms. The molecular formula is C20H24FN3O2. The summed E-state index contributed by atoms with van der Waals surface area (Å²) in [7, 11) is 0. The van der Waals surface area contributed by atoms with E-state index >= 15 is 0 Å². The highest BCUT2D eigenvalue weighted by Gasteiger charge is 2.21. The van der Waals surface area contributed by atoms with E-state index in [4.69, 9.17) is 15.2 Å². The number of fused-ring (bicyclic) bond motifs is 1. The zero-order valence-corrected chi connectivity index (χ0v) is 14.8. The molecule has 0 saturated carbocycles. The van der Waals surface area contributed by atoms with Crippen LogP contribution in [0.4, 0.5) is 4.39 Å². The summed E-state index contributed by atoms with van der Waals surface area (Å²) in [6, 6.07) is 14.3. The van der Waals surface area contributed by atoms with E-state index in [-0.39, 0.29) is 23.7 Å². The molecule has 0 radical (unpaired) electrons. The molecule has 0 amide bonds. The molecule has 1 aliphatic heterocycles. The topological polar surface area (TPSA) is 68.9 Å². The van der Waals surface area contributed by atoms with Crippen molar-refractivity contribution in [1.82, 2.24) is 5.32 Å². The Morgan fingerprint density at radius 2 is 2.08 bits per heavy atom. The Hall–Kier alpha value is -2.76. The Balaban J connectivity index is 1.60. The second-order valence-corrected chi connectivity index (χ2v) is 6.18. The first-order chi connectivity index (χ1) is 12.7. The third-order valence-electron chi connectivity index (χ3n) is 4.33. The molecule has 1 heterocycles. The highest BCUT2D eigenvalue weighted by molar-refractivity contribution is 5.78. The number of halogens is 1. The van der Waals surface area contributed by atoms with E-state index in [9.17, 15) is 4.39 Å². The number of hydrogen-bond acceptors (Lipinski definition) is 3. The van der Waals surface area contributed by atoms with Crippen molar-refractivity contribution in [3.8, 4) is 11.5 Å². The van der Waals surface area contributed by atoms with Crippen LogP contribution in [-0.2, 0) is 0 Å². The first-order valence-corrected chi connectivity index (χ1v) is 8.86. The summed E-state index contributed by atoms with van der Waals surface area (Å²) < 4.78 is 25.1. The molecule has 0 aliphatic carbocycles. The predicted molar refractivity (Wildman–Crippen MR) is 100 cm³/mol. The molecule has 0 fully saturated rings. The standard InChI is InChI=1S/C20H24FN3O2/c1-2-14(26-19-10-6-4-8-16(19)21)13-23-20(22)24-17-11-12-25-18-9-5-3-7-15(17)18/h3-10,14,17H,2,11-13H2,1H3,(H3,22,23,24). The number of nitrogens with one attached hydrogen (secondary N) is 1. The van der Waals surface area contributed by atoms with E-state index in [2.05, 4.69) is 10.3 Å². The smallest absolute Gasteiger partial charge is 0.189 e. The van der Waals surface area contributed by atoms with Crippen LogP contribution in [0.15, 0.2) is 53.5 Å². The summed E-state index contributed by atoms with van der Waals surface area (Å²) in [4.78, 5) is 4.38. The van der Waals surface area contributed by atoms with Gasteiger partial charge in [0.15, 0.2) is 17.5 Å². The molecule has 2 aromatic rings. The van der Waals surface area contributed by atoms with E-state index in [0.29, 0.717) is 25.5 Å². The zero-order valence-electron chi connectivity index (χ0n) is 14.8. The van der Waals surface area contributed by atoms with E-state index in [1.54, 1.807) is 18.2 Å². The lowest BCUT2D eigenvalue weighted by Gasteiger charge is -2.27. The van der Waals surface area contributed by atoms with Crippen molar-refractivity contribution >= 4 is 5.96 Å². The zero-order chi connectivity index (χ0) is 18.4. The number of rotatable bonds is 6. The summed E-state index contributed by atoms with van der Waals surface area (Å²) in [6.45, 7) is 2.96. The number of hydrogen-bond donors (Lipinski definition) is 2. The van der Waals surface area contributed by atoms with Gasteiger partial charge in [0, 0.05) is 12.0 Å². The average Bonchev–Trinajstić information content (AvgIpc) is 2.67. The normalized spacial score (nSPS) is 17.8. The van der Waals surface area contributed by atoms with Gasteiger partial charge in [-0.25, -0.2) is 9.38 Å². The van der Waals surface area contributed by atoms with Crippen LogP contribution in [0.3, 0.4) is 0 Å². The van der Waals surface area contributed by atoms with Crippen molar-refractivity contribution in [3.63, 3.8) is 0 Å². The maximum atomic E-state index is 13.7. The molecule has 1 aliphatic rings. The van der Waals surface area contributed by atoms with Gasteiger partial charge in [0.05, 0.1) is 19.2 Å². The second kappa shape index (κ2) is 8.56. The number of nitrogens with zero attached hydrogens (tertiary/aromatic N) is 1. The molecule has 0 spiro atoms. The van der Waals surface area contributed by atoms with Crippen LogP contribution in [-0.4, -0.2) is 25.2 Å². The fourth-order valence-electron chi connectivity index (χ4n) is 2.89. The van der Waals surface area contributed by atoms with Crippen LogP contribution >= 0.6 is 0 Å². The number of ether oxygens (including phenoxy) is 2.